The van der Waals surface area contributed by atoms with Crippen LogP contribution in [0, 0.1) is 41.2 Å². The Balaban J connectivity index is 1.21. The number of benzene rings is 1. The van der Waals surface area contributed by atoms with Gasteiger partial charge in [-0.25, -0.2) is 4.39 Å². The molecule has 0 heterocycles. The molecule has 3 heteroatoms. The Labute approximate surface area is 200 Å². The number of hydrogen-bond acceptors (Lipinski definition) is 1. The van der Waals surface area contributed by atoms with Crippen LogP contribution in [0.15, 0.2) is 24.3 Å². The van der Waals surface area contributed by atoms with Gasteiger partial charge in [-0.3, -0.25) is 0 Å². The lowest BCUT2D eigenvalue weighted by Gasteiger charge is -2.41. The van der Waals surface area contributed by atoms with Crippen LogP contribution >= 0.6 is 0 Å². The molecule has 1 aromatic carbocycles. The number of halogens is 2. The fourth-order valence-electron chi connectivity index (χ4n) is 7.27. The van der Waals surface area contributed by atoms with Crippen LogP contribution in [0.1, 0.15) is 108 Å². The van der Waals surface area contributed by atoms with Crippen molar-refractivity contribution < 1.29 is 13.5 Å². The average Bonchev–Trinajstić information content (AvgIpc) is 2.87. The van der Waals surface area contributed by atoms with Gasteiger partial charge >= 0.3 is 0 Å². The van der Waals surface area contributed by atoms with Gasteiger partial charge in [-0.05, 0) is 131 Å². The largest absolute Gasteiger partial charge is 0.494 e. The molecule has 0 bridgehead atoms. The summed E-state index contributed by atoms with van der Waals surface area (Å²) in [7, 11) is 1.38. The SMILES string of the molecule is CCC/C=C/C1CCC(C2CCC(C3CCC(c4ccc(OC)c(F)c4F)CC3)CC2)CC1. The first-order valence-electron chi connectivity index (χ1n) is 13.8. The monoisotopic (exact) mass is 458 g/mol. The van der Waals surface area contributed by atoms with Crippen LogP contribution < -0.4 is 4.74 Å². The molecule has 1 nitrogen and oxygen atoms in total. The second-order valence-electron chi connectivity index (χ2n) is 11.2. The minimum absolute atomic E-state index is 0.00291. The van der Waals surface area contributed by atoms with Crippen LogP contribution in [0.25, 0.3) is 0 Å². The highest BCUT2D eigenvalue weighted by atomic mass is 19.2. The summed E-state index contributed by atoms with van der Waals surface area (Å²) < 4.78 is 33.6. The molecule has 33 heavy (non-hydrogen) atoms. The average molecular weight is 459 g/mol. The van der Waals surface area contributed by atoms with Crippen LogP contribution in [0.2, 0.25) is 0 Å². The van der Waals surface area contributed by atoms with Gasteiger partial charge in [0.25, 0.3) is 0 Å². The number of unbranched alkanes of at least 4 members (excludes halogenated alkanes) is 1. The zero-order valence-electron chi connectivity index (χ0n) is 20.8. The van der Waals surface area contributed by atoms with Crippen LogP contribution in [-0.2, 0) is 0 Å². The molecule has 0 N–H and O–H groups in total. The molecule has 0 aromatic heterocycles. The van der Waals surface area contributed by atoms with Crippen molar-refractivity contribution >= 4 is 0 Å². The number of hydrogen-bond donors (Lipinski definition) is 0. The maximum absolute atomic E-state index is 14.5. The van der Waals surface area contributed by atoms with Gasteiger partial charge in [0.2, 0.25) is 5.82 Å². The van der Waals surface area contributed by atoms with E-state index in [9.17, 15) is 8.78 Å². The lowest BCUT2D eigenvalue weighted by atomic mass is 9.64. The van der Waals surface area contributed by atoms with Gasteiger partial charge in [-0.2, -0.15) is 4.39 Å². The lowest BCUT2D eigenvalue weighted by Crippen LogP contribution is -2.29. The van der Waals surface area contributed by atoms with Gasteiger partial charge in [-0.15, -0.1) is 0 Å². The summed E-state index contributed by atoms with van der Waals surface area (Å²) in [5.41, 5.74) is 0.551. The third-order valence-corrected chi connectivity index (χ3v) is 9.34. The Hall–Kier alpha value is -1.38. The normalized spacial score (nSPS) is 33.3. The predicted octanol–water partition coefficient (Wildman–Crippen LogP) is 9.22. The third kappa shape index (κ3) is 6.01. The molecule has 0 radical (unpaired) electrons. The maximum Gasteiger partial charge on any atom is 0.200 e. The topological polar surface area (TPSA) is 9.23 Å². The van der Waals surface area contributed by atoms with Crippen molar-refractivity contribution in [2.45, 2.75) is 103 Å². The van der Waals surface area contributed by atoms with E-state index < -0.39 is 11.6 Å². The van der Waals surface area contributed by atoms with Crippen LogP contribution in [0.5, 0.6) is 5.75 Å². The van der Waals surface area contributed by atoms with Crippen molar-refractivity contribution in [1.82, 2.24) is 0 Å². The van der Waals surface area contributed by atoms with E-state index in [1.165, 1.54) is 84.2 Å². The highest BCUT2D eigenvalue weighted by Crippen LogP contribution is 2.47. The van der Waals surface area contributed by atoms with E-state index in [1.54, 1.807) is 12.1 Å². The molecule has 0 aliphatic heterocycles. The van der Waals surface area contributed by atoms with Crippen LogP contribution in [0.3, 0.4) is 0 Å². The molecule has 3 saturated carbocycles. The molecule has 0 unspecified atom stereocenters. The summed E-state index contributed by atoms with van der Waals surface area (Å²) in [4.78, 5) is 0. The van der Waals surface area contributed by atoms with Gasteiger partial charge in [0, 0.05) is 0 Å². The Morgan fingerprint density at radius 2 is 1.27 bits per heavy atom. The molecule has 0 saturated heterocycles. The van der Waals surface area contributed by atoms with Crippen LogP contribution in [0.4, 0.5) is 8.78 Å². The van der Waals surface area contributed by atoms with Gasteiger partial charge in [0.05, 0.1) is 7.11 Å². The van der Waals surface area contributed by atoms with Crippen molar-refractivity contribution in [3.63, 3.8) is 0 Å². The summed E-state index contributed by atoms with van der Waals surface area (Å²) in [5.74, 6) is 3.02. The molecular formula is C30H44F2O. The molecule has 3 aliphatic carbocycles. The predicted molar refractivity (Wildman–Crippen MR) is 133 cm³/mol. The second kappa shape index (κ2) is 11.8. The molecular weight excluding hydrogens is 414 g/mol. The Morgan fingerprint density at radius 1 is 0.758 bits per heavy atom. The zero-order chi connectivity index (χ0) is 23.2. The van der Waals surface area contributed by atoms with Gasteiger partial charge in [-0.1, -0.05) is 31.6 Å². The molecule has 3 aliphatic rings. The molecule has 3 fully saturated rings. The van der Waals surface area contributed by atoms with Gasteiger partial charge in [0.1, 0.15) is 0 Å². The number of allylic oxidation sites excluding steroid dienone is 2. The molecule has 184 valence electrons. The first-order chi connectivity index (χ1) is 16.1. The van der Waals surface area contributed by atoms with Gasteiger partial charge in [0.15, 0.2) is 11.6 Å². The number of methoxy groups -OCH3 is 1. The van der Waals surface area contributed by atoms with Gasteiger partial charge < -0.3 is 4.74 Å². The van der Waals surface area contributed by atoms with Crippen molar-refractivity contribution in [3.8, 4) is 5.75 Å². The smallest absolute Gasteiger partial charge is 0.200 e. The Bertz CT molecular complexity index is 764. The van der Waals surface area contributed by atoms with E-state index in [4.69, 9.17) is 4.74 Å². The molecule has 0 amide bonds. The summed E-state index contributed by atoms with van der Waals surface area (Å²) in [6.07, 6.45) is 23.0. The minimum Gasteiger partial charge on any atom is -0.494 e. The van der Waals surface area contributed by atoms with E-state index in [2.05, 4.69) is 19.1 Å². The van der Waals surface area contributed by atoms with Crippen molar-refractivity contribution in [1.29, 1.82) is 0 Å². The molecule has 1 aromatic rings. The standard InChI is InChI=1S/C30H44F2O/c1-3-4-5-6-21-7-9-22(10-8-21)23-11-13-24(14-12-23)25-15-17-26(18-16-25)27-19-20-28(33-2)30(32)29(27)31/h5-6,19-26H,3-4,7-18H2,1-2H3/b6-5+. The Morgan fingerprint density at radius 3 is 1.79 bits per heavy atom. The summed E-state index contributed by atoms with van der Waals surface area (Å²) in [6.45, 7) is 2.26. The molecule has 4 rings (SSSR count). The summed E-state index contributed by atoms with van der Waals surface area (Å²) in [5, 5.41) is 0. The van der Waals surface area contributed by atoms with E-state index in [-0.39, 0.29) is 11.7 Å². The first-order valence-corrected chi connectivity index (χ1v) is 13.8. The van der Waals surface area contributed by atoms with Crippen molar-refractivity contribution in [2.75, 3.05) is 7.11 Å². The number of rotatable bonds is 7. The van der Waals surface area contributed by atoms with E-state index >= 15 is 0 Å². The van der Waals surface area contributed by atoms with E-state index in [0.717, 1.165) is 42.4 Å². The molecule has 0 atom stereocenters. The van der Waals surface area contributed by atoms with Crippen molar-refractivity contribution in [3.05, 3.63) is 41.5 Å². The first kappa shape index (κ1) is 24.7. The van der Waals surface area contributed by atoms with Crippen LogP contribution in [-0.4, -0.2) is 7.11 Å². The maximum atomic E-state index is 14.5. The summed E-state index contributed by atoms with van der Waals surface area (Å²) >= 11 is 0. The summed E-state index contributed by atoms with van der Waals surface area (Å²) in [6, 6.07) is 3.32. The zero-order valence-corrected chi connectivity index (χ0v) is 20.8. The minimum atomic E-state index is -0.832. The highest BCUT2D eigenvalue weighted by molar-refractivity contribution is 5.33. The number of ether oxygens (including phenoxy) is 1. The Kier molecular flexibility index (Phi) is 8.88. The second-order valence-corrected chi connectivity index (χ2v) is 11.2. The lowest BCUT2D eigenvalue weighted by molar-refractivity contribution is 0.114. The quantitative estimate of drug-likeness (QED) is 0.370. The highest BCUT2D eigenvalue weighted by Gasteiger charge is 2.35. The fourth-order valence-corrected chi connectivity index (χ4v) is 7.27. The van der Waals surface area contributed by atoms with E-state index in [0.29, 0.717) is 5.56 Å². The molecule has 0 spiro atoms. The fraction of sp³-hybridized carbons (Fsp3) is 0.733. The third-order valence-electron chi connectivity index (χ3n) is 9.34. The van der Waals surface area contributed by atoms with E-state index in [1.807, 2.05) is 0 Å². The van der Waals surface area contributed by atoms with Crippen molar-refractivity contribution in [2.24, 2.45) is 29.6 Å².